The van der Waals surface area contributed by atoms with Crippen LogP contribution in [0.2, 0.25) is 0 Å². The van der Waals surface area contributed by atoms with Crippen LogP contribution in [0.25, 0.3) is 10.9 Å². The van der Waals surface area contributed by atoms with Gasteiger partial charge in [0.05, 0.1) is 0 Å². The summed E-state index contributed by atoms with van der Waals surface area (Å²) in [6, 6.07) is 21.0. The van der Waals surface area contributed by atoms with Crippen LogP contribution in [-0.4, -0.2) is 47.7 Å². The molecule has 4 aromatic rings. The van der Waals surface area contributed by atoms with Crippen molar-refractivity contribution in [3.8, 4) is 0 Å². The van der Waals surface area contributed by atoms with E-state index in [4.69, 9.17) is 4.98 Å². The van der Waals surface area contributed by atoms with Gasteiger partial charge in [0.2, 0.25) is 5.95 Å². The number of hydrogen-bond donors (Lipinski definition) is 2. The summed E-state index contributed by atoms with van der Waals surface area (Å²) in [5.41, 5.74) is 3.78. The first-order valence-corrected chi connectivity index (χ1v) is 10.5. The molecule has 6 heteroatoms. The maximum Gasteiger partial charge on any atom is 0.224 e. The molecule has 0 saturated carbocycles. The molecule has 1 fully saturated rings. The zero-order valence-electron chi connectivity index (χ0n) is 17.0. The fraction of sp³-hybridized carbons (Fsp3) is 0.250. The highest BCUT2D eigenvalue weighted by Crippen LogP contribution is 2.20. The van der Waals surface area contributed by atoms with Gasteiger partial charge in [0.25, 0.3) is 0 Å². The number of aromatic nitrogens is 3. The van der Waals surface area contributed by atoms with E-state index in [9.17, 15) is 0 Å². The van der Waals surface area contributed by atoms with Crippen LogP contribution in [-0.2, 0) is 6.42 Å². The second-order valence-corrected chi connectivity index (χ2v) is 7.58. The van der Waals surface area contributed by atoms with Crippen molar-refractivity contribution >= 4 is 28.4 Å². The molecule has 2 aromatic heterocycles. The summed E-state index contributed by atoms with van der Waals surface area (Å²) in [7, 11) is 0. The number of anilines is 3. The lowest BCUT2D eigenvalue weighted by molar-refractivity contribution is 0.647. The van der Waals surface area contributed by atoms with E-state index in [-0.39, 0.29) is 0 Å². The number of H-pyrrole nitrogens is 1. The third-order valence-corrected chi connectivity index (χ3v) is 5.72. The molecule has 1 aliphatic heterocycles. The van der Waals surface area contributed by atoms with Gasteiger partial charge in [-0.05, 0) is 36.2 Å². The fourth-order valence-electron chi connectivity index (χ4n) is 4.09. The smallest absolute Gasteiger partial charge is 0.224 e. The van der Waals surface area contributed by atoms with E-state index in [0.717, 1.165) is 45.0 Å². The Hall–Kier alpha value is -3.54. The highest BCUT2D eigenvalue weighted by Gasteiger charge is 2.18. The lowest BCUT2D eigenvalue weighted by Crippen LogP contribution is -2.46. The molecule has 0 aliphatic carbocycles. The summed E-state index contributed by atoms with van der Waals surface area (Å²) in [6.07, 6.45) is 4.86. The molecule has 0 bridgehead atoms. The Morgan fingerprint density at radius 1 is 0.867 bits per heavy atom. The second kappa shape index (κ2) is 8.45. The molecule has 0 unspecified atom stereocenters. The number of benzene rings is 2. The summed E-state index contributed by atoms with van der Waals surface area (Å²) in [6.45, 7) is 4.71. The Kier molecular flexibility index (Phi) is 5.21. The molecule has 1 aliphatic rings. The lowest BCUT2D eigenvalue weighted by atomic mass is 10.1. The maximum atomic E-state index is 4.75. The van der Waals surface area contributed by atoms with Crippen molar-refractivity contribution in [3.05, 3.63) is 78.6 Å². The van der Waals surface area contributed by atoms with Crippen molar-refractivity contribution in [1.82, 2.24) is 15.0 Å². The molecule has 6 nitrogen and oxygen atoms in total. The summed E-state index contributed by atoms with van der Waals surface area (Å²) < 4.78 is 0. The first-order valence-electron chi connectivity index (χ1n) is 10.5. The van der Waals surface area contributed by atoms with Crippen LogP contribution in [0.5, 0.6) is 0 Å². The van der Waals surface area contributed by atoms with E-state index in [1.54, 1.807) is 0 Å². The van der Waals surface area contributed by atoms with Crippen LogP contribution in [0.15, 0.2) is 73.1 Å². The van der Waals surface area contributed by atoms with Gasteiger partial charge in [0.1, 0.15) is 5.82 Å². The molecule has 0 atom stereocenters. The molecule has 30 heavy (non-hydrogen) atoms. The Morgan fingerprint density at radius 2 is 1.63 bits per heavy atom. The van der Waals surface area contributed by atoms with Gasteiger partial charge in [-0.2, -0.15) is 4.98 Å². The molecule has 2 aromatic carbocycles. The number of rotatable bonds is 6. The zero-order valence-corrected chi connectivity index (χ0v) is 17.0. The monoisotopic (exact) mass is 398 g/mol. The summed E-state index contributed by atoms with van der Waals surface area (Å²) in [5, 5.41) is 4.67. The Labute approximate surface area is 176 Å². The number of aromatic amines is 1. The third-order valence-electron chi connectivity index (χ3n) is 5.72. The number of para-hydroxylation sites is 2. The number of nitrogens with one attached hydrogen (secondary N) is 2. The fourth-order valence-corrected chi connectivity index (χ4v) is 4.09. The number of fused-ring (bicyclic) bond motifs is 1. The van der Waals surface area contributed by atoms with Crippen molar-refractivity contribution in [3.63, 3.8) is 0 Å². The molecule has 0 spiro atoms. The van der Waals surface area contributed by atoms with Crippen LogP contribution < -0.4 is 15.1 Å². The van der Waals surface area contributed by atoms with E-state index in [2.05, 4.69) is 85.9 Å². The predicted octanol–water partition coefficient (Wildman–Crippen LogP) is 3.94. The standard InChI is InChI=1S/C24H26N6/c1-2-6-20(7-3-1)29-14-16-30(17-15-29)23-11-13-26-24(28-23)25-12-10-19-18-27-22-9-5-4-8-21(19)22/h1-9,11,13,18,27H,10,12,14-17H2,(H,25,26,28). The lowest BCUT2D eigenvalue weighted by Gasteiger charge is -2.36. The maximum absolute atomic E-state index is 4.75. The van der Waals surface area contributed by atoms with Crippen LogP contribution in [0, 0.1) is 0 Å². The van der Waals surface area contributed by atoms with Crippen molar-refractivity contribution in [2.24, 2.45) is 0 Å². The molecule has 2 N–H and O–H groups in total. The van der Waals surface area contributed by atoms with E-state index in [1.807, 2.05) is 12.3 Å². The second-order valence-electron chi connectivity index (χ2n) is 7.58. The van der Waals surface area contributed by atoms with Gasteiger partial charge in [-0.15, -0.1) is 0 Å². The minimum atomic E-state index is 0.692. The normalized spacial score (nSPS) is 14.3. The first-order chi connectivity index (χ1) is 14.9. The van der Waals surface area contributed by atoms with E-state index < -0.39 is 0 Å². The molecule has 3 heterocycles. The van der Waals surface area contributed by atoms with Crippen LogP contribution >= 0.6 is 0 Å². The summed E-state index contributed by atoms with van der Waals surface area (Å²) in [5.74, 6) is 1.69. The van der Waals surface area contributed by atoms with Gasteiger partial charge in [0.15, 0.2) is 0 Å². The van der Waals surface area contributed by atoms with E-state index >= 15 is 0 Å². The molecule has 1 saturated heterocycles. The molecule has 0 amide bonds. The average molecular weight is 399 g/mol. The predicted molar refractivity (Wildman–Crippen MR) is 123 cm³/mol. The zero-order chi connectivity index (χ0) is 20.2. The van der Waals surface area contributed by atoms with Gasteiger partial charge in [-0.1, -0.05) is 36.4 Å². The van der Waals surface area contributed by atoms with Crippen LogP contribution in [0.3, 0.4) is 0 Å². The average Bonchev–Trinajstić information content (AvgIpc) is 3.23. The van der Waals surface area contributed by atoms with Crippen LogP contribution in [0.4, 0.5) is 17.5 Å². The topological polar surface area (TPSA) is 60.1 Å². The Balaban J connectivity index is 1.18. The number of hydrogen-bond acceptors (Lipinski definition) is 5. The Bertz CT molecular complexity index is 1100. The molecule has 152 valence electrons. The Morgan fingerprint density at radius 3 is 2.50 bits per heavy atom. The highest BCUT2D eigenvalue weighted by atomic mass is 15.3. The quantitative estimate of drug-likeness (QED) is 0.515. The highest BCUT2D eigenvalue weighted by molar-refractivity contribution is 5.83. The van der Waals surface area contributed by atoms with Crippen molar-refractivity contribution < 1.29 is 0 Å². The van der Waals surface area contributed by atoms with Gasteiger partial charge >= 0.3 is 0 Å². The number of piperazine rings is 1. The number of nitrogens with zero attached hydrogens (tertiary/aromatic N) is 4. The SMILES string of the molecule is c1ccc(N2CCN(c3ccnc(NCCc4c[nH]c5ccccc45)n3)CC2)cc1. The van der Waals surface area contributed by atoms with Gasteiger partial charge in [-0.25, -0.2) is 4.98 Å². The van der Waals surface area contributed by atoms with E-state index in [1.165, 1.54) is 22.2 Å². The van der Waals surface area contributed by atoms with Crippen molar-refractivity contribution in [1.29, 1.82) is 0 Å². The molecular weight excluding hydrogens is 372 g/mol. The van der Waals surface area contributed by atoms with Gasteiger partial charge in [0, 0.05) is 61.7 Å². The third kappa shape index (κ3) is 3.94. The minimum Gasteiger partial charge on any atom is -0.368 e. The molecular formula is C24H26N6. The first kappa shape index (κ1) is 18.5. The molecule has 0 radical (unpaired) electrons. The van der Waals surface area contributed by atoms with E-state index in [0.29, 0.717) is 5.95 Å². The minimum absolute atomic E-state index is 0.692. The summed E-state index contributed by atoms with van der Waals surface area (Å²) in [4.78, 5) is 17.3. The van der Waals surface area contributed by atoms with Crippen molar-refractivity contribution in [2.75, 3.05) is 47.8 Å². The van der Waals surface area contributed by atoms with Gasteiger partial charge < -0.3 is 20.1 Å². The summed E-state index contributed by atoms with van der Waals surface area (Å²) >= 11 is 0. The van der Waals surface area contributed by atoms with Crippen LogP contribution in [0.1, 0.15) is 5.56 Å². The van der Waals surface area contributed by atoms with Crippen molar-refractivity contribution in [2.45, 2.75) is 6.42 Å². The molecule has 5 rings (SSSR count). The largest absolute Gasteiger partial charge is 0.368 e. The van der Waals surface area contributed by atoms with Gasteiger partial charge in [-0.3, -0.25) is 0 Å².